The maximum absolute atomic E-state index is 13.2. The number of para-hydroxylation sites is 1. The lowest BCUT2D eigenvalue weighted by molar-refractivity contribution is -0.143. The third-order valence-corrected chi connectivity index (χ3v) is 6.39. The molecule has 0 saturated heterocycles. The first-order valence-corrected chi connectivity index (χ1v) is 11.7. The number of anilines is 1. The summed E-state index contributed by atoms with van der Waals surface area (Å²) in [6.45, 7) is 5.88. The first kappa shape index (κ1) is 25.2. The Hall–Kier alpha value is -3.40. The topological polar surface area (TPSA) is 111 Å². The summed E-state index contributed by atoms with van der Waals surface area (Å²) >= 11 is 0.989. The molecule has 180 valence electrons. The van der Waals surface area contributed by atoms with Crippen molar-refractivity contribution in [2.24, 2.45) is 0 Å². The van der Waals surface area contributed by atoms with Gasteiger partial charge in [-0.05, 0) is 51.1 Å². The van der Waals surface area contributed by atoms with Crippen LogP contribution in [0.25, 0.3) is 0 Å². The van der Waals surface area contributed by atoms with Crippen LogP contribution in [0.3, 0.4) is 0 Å². The Kier molecular flexibility index (Phi) is 8.64. The van der Waals surface area contributed by atoms with E-state index in [0.29, 0.717) is 33.6 Å². The average Bonchev–Trinajstić information content (AvgIpc) is 2.99. The van der Waals surface area contributed by atoms with Crippen molar-refractivity contribution in [3.63, 3.8) is 0 Å². The van der Waals surface area contributed by atoms with Crippen LogP contribution in [-0.4, -0.2) is 52.1 Å². The Balaban J connectivity index is 1.94. The molecule has 1 N–H and O–H groups in total. The van der Waals surface area contributed by atoms with Crippen LogP contribution in [0.15, 0.2) is 41.1 Å². The van der Waals surface area contributed by atoms with E-state index in [2.05, 4.69) is 15.3 Å². The average molecular weight is 485 g/mol. The SMILES string of the molecule is CCOC(=O)CC/C(SC(=O)c1ccccc1OC)=C(\C)N1Cc2cnc(C)nc2NCC1=O. The smallest absolute Gasteiger partial charge is 0.306 e. The number of nitrogens with zero attached hydrogens (tertiary/aromatic N) is 3. The number of amides is 1. The van der Waals surface area contributed by atoms with Crippen molar-refractivity contribution in [2.75, 3.05) is 25.6 Å². The molecule has 0 spiro atoms. The second kappa shape index (κ2) is 11.6. The second-order valence-electron chi connectivity index (χ2n) is 7.53. The van der Waals surface area contributed by atoms with E-state index in [4.69, 9.17) is 9.47 Å². The van der Waals surface area contributed by atoms with E-state index in [1.54, 1.807) is 56.1 Å². The van der Waals surface area contributed by atoms with E-state index in [1.807, 2.05) is 0 Å². The quantitative estimate of drug-likeness (QED) is 0.561. The molecule has 9 nitrogen and oxygen atoms in total. The zero-order valence-corrected chi connectivity index (χ0v) is 20.5. The molecule has 0 radical (unpaired) electrons. The van der Waals surface area contributed by atoms with Gasteiger partial charge in [0, 0.05) is 22.4 Å². The highest BCUT2D eigenvalue weighted by molar-refractivity contribution is 8.17. The highest BCUT2D eigenvalue weighted by Crippen LogP contribution is 2.34. The van der Waals surface area contributed by atoms with Crippen LogP contribution >= 0.6 is 11.8 Å². The van der Waals surface area contributed by atoms with Gasteiger partial charge in [-0.25, -0.2) is 9.97 Å². The number of thioether (sulfide) groups is 1. The van der Waals surface area contributed by atoms with Gasteiger partial charge in [-0.3, -0.25) is 14.4 Å². The number of ether oxygens (including phenoxy) is 2. The molecule has 1 aliphatic heterocycles. The summed E-state index contributed by atoms with van der Waals surface area (Å²) in [5.41, 5.74) is 1.77. The van der Waals surface area contributed by atoms with Gasteiger partial charge in [0.2, 0.25) is 11.0 Å². The summed E-state index contributed by atoms with van der Waals surface area (Å²) in [6.07, 6.45) is 2.03. The van der Waals surface area contributed by atoms with Crippen LogP contribution in [0.5, 0.6) is 5.75 Å². The van der Waals surface area contributed by atoms with Crippen molar-refractivity contribution < 1.29 is 23.9 Å². The summed E-state index contributed by atoms with van der Waals surface area (Å²) in [5, 5.41) is 2.82. The lowest BCUT2D eigenvalue weighted by Crippen LogP contribution is -2.32. The van der Waals surface area contributed by atoms with Crippen LogP contribution in [0.2, 0.25) is 0 Å². The summed E-state index contributed by atoms with van der Waals surface area (Å²) in [7, 11) is 1.50. The monoisotopic (exact) mass is 484 g/mol. The Morgan fingerprint density at radius 2 is 2.00 bits per heavy atom. The molecule has 0 atom stereocenters. The minimum absolute atomic E-state index is 0.0526. The molecule has 1 aliphatic rings. The number of esters is 1. The van der Waals surface area contributed by atoms with Crippen molar-refractivity contribution in [1.29, 1.82) is 0 Å². The minimum atomic E-state index is -0.365. The van der Waals surface area contributed by atoms with Gasteiger partial charge in [0.15, 0.2) is 0 Å². The standard InChI is InChI=1S/C24H28N4O5S/c1-5-33-22(30)11-10-20(34-24(31)18-8-6-7-9-19(18)32-4)15(2)28-14-17-12-25-16(3)27-23(17)26-13-21(28)29/h6-9,12H,5,10-11,13-14H2,1-4H3,(H,25,26,27)/b20-15-. The van der Waals surface area contributed by atoms with Crippen molar-refractivity contribution in [1.82, 2.24) is 14.9 Å². The number of aromatic nitrogens is 2. The zero-order chi connectivity index (χ0) is 24.7. The maximum Gasteiger partial charge on any atom is 0.306 e. The first-order chi connectivity index (χ1) is 16.3. The van der Waals surface area contributed by atoms with Gasteiger partial charge in [0.25, 0.3) is 0 Å². The van der Waals surface area contributed by atoms with Gasteiger partial charge in [0.05, 0.1) is 38.8 Å². The third kappa shape index (κ3) is 6.13. The number of carbonyl (C=O) groups excluding carboxylic acids is 3. The van der Waals surface area contributed by atoms with E-state index in [0.717, 1.165) is 17.3 Å². The summed E-state index contributed by atoms with van der Waals surface area (Å²) in [6, 6.07) is 6.94. The van der Waals surface area contributed by atoms with Gasteiger partial charge in [-0.2, -0.15) is 0 Å². The molecule has 1 amide bonds. The number of carbonyl (C=O) groups is 3. The summed E-state index contributed by atoms with van der Waals surface area (Å²) in [4.78, 5) is 49.0. The zero-order valence-electron chi connectivity index (χ0n) is 19.7. The third-order valence-electron chi connectivity index (χ3n) is 5.23. The fourth-order valence-electron chi connectivity index (χ4n) is 3.47. The molecule has 10 heteroatoms. The Labute approximate surface area is 202 Å². The molecule has 2 aromatic rings. The van der Waals surface area contributed by atoms with E-state index in [1.165, 1.54) is 7.11 Å². The van der Waals surface area contributed by atoms with Gasteiger partial charge >= 0.3 is 5.97 Å². The lowest BCUT2D eigenvalue weighted by Gasteiger charge is -2.24. The number of fused-ring (bicyclic) bond motifs is 1. The minimum Gasteiger partial charge on any atom is -0.496 e. The van der Waals surface area contributed by atoms with E-state index >= 15 is 0 Å². The molecule has 0 bridgehead atoms. The molecular weight excluding hydrogens is 456 g/mol. The van der Waals surface area contributed by atoms with Crippen molar-refractivity contribution in [2.45, 2.75) is 40.2 Å². The van der Waals surface area contributed by atoms with E-state index < -0.39 is 0 Å². The summed E-state index contributed by atoms with van der Waals surface area (Å²) < 4.78 is 10.4. The van der Waals surface area contributed by atoms with E-state index in [9.17, 15) is 14.4 Å². The Bertz CT molecular complexity index is 1120. The van der Waals surface area contributed by atoms with Crippen LogP contribution in [-0.2, 0) is 20.9 Å². The van der Waals surface area contributed by atoms with Gasteiger partial charge in [-0.15, -0.1) is 0 Å². The predicted molar refractivity (Wildman–Crippen MR) is 129 cm³/mol. The Morgan fingerprint density at radius 1 is 1.24 bits per heavy atom. The van der Waals surface area contributed by atoms with Gasteiger partial charge in [-0.1, -0.05) is 12.1 Å². The maximum atomic E-state index is 13.2. The number of benzene rings is 1. The van der Waals surface area contributed by atoms with Crippen LogP contribution in [0.1, 0.15) is 48.4 Å². The number of methoxy groups -OCH3 is 1. The van der Waals surface area contributed by atoms with Crippen molar-refractivity contribution in [3.8, 4) is 5.75 Å². The van der Waals surface area contributed by atoms with Crippen LogP contribution in [0.4, 0.5) is 5.82 Å². The molecule has 1 aromatic carbocycles. The van der Waals surface area contributed by atoms with Crippen LogP contribution < -0.4 is 10.1 Å². The molecule has 0 unspecified atom stereocenters. The highest BCUT2D eigenvalue weighted by Gasteiger charge is 2.26. The fourth-order valence-corrected chi connectivity index (χ4v) is 4.43. The number of allylic oxidation sites excluding steroid dienone is 2. The lowest BCUT2D eigenvalue weighted by atomic mass is 10.2. The van der Waals surface area contributed by atoms with E-state index in [-0.39, 0.29) is 49.5 Å². The highest BCUT2D eigenvalue weighted by atomic mass is 32.2. The molecule has 2 heterocycles. The van der Waals surface area contributed by atoms with Crippen molar-refractivity contribution in [3.05, 3.63) is 58.0 Å². The molecule has 0 aliphatic carbocycles. The normalized spacial score (nSPS) is 13.9. The van der Waals surface area contributed by atoms with Crippen LogP contribution in [0, 0.1) is 6.92 Å². The molecule has 34 heavy (non-hydrogen) atoms. The summed E-state index contributed by atoms with van der Waals surface area (Å²) in [5.74, 6) is 1.14. The molecule has 1 aromatic heterocycles. The molecule has 3 rings (SSSR count). The fraction of sp³-hybridized carbons (Fsp3) is 0.375. The number of rotatable bonds is 8. The van der Waals surface area contributed by atoms with Gasteiger partial charge in [0.1, 0.15) is 17.4 Å². The molecule has 0 fully saturated rings. The predicted octanol–water partition coefficient (Wildman–Crippen LogP) is 3.70. The largest absolute Gasteiger partial charge is 0.496 e. The Morgan fingerprint density at radius 3 is 2.74 bits per heavy atom. The number of hydrogen-bond acceptors (Lipinski definition) is 9. The first-order valence-electron chi connectivity index (χ1n) is 10.9. The van der Waals surface area contributed by atoms with Gasteiger partial charge < -0.3 is 19.7 Å². The number of nitrogens with one attached hydrogen (secondary N) is 1. The second-order valence-corrected chi connectivity index (χ2v) is 8.60. The van der Waals surface area contributed by atoms with Crippen molar-refractivity contribution >= 4 is 34.6 Å². The number of hydrogen-bond donors (Lipinski definition) is 1. The molecular formula is C24H28N4O5S. The number of aryl methyl sites for hydroxylation is 1. The molecule has 0 saturated carbocycles.